The van der Waals surface area contributed by atoms with E-state index in [1.54, 1.807) is 30.3 Å². The number of sulfonamides is 1. The van der Waals surface area contributed by atoms with E-state index in [0.29, 0.717) is 17.2 Å². The standard InChI is InChI=1S/C22H18Cl2N2O5S/c23-16-7-4-8-17(24)21(16)32(28,29)26-18(11-14-5-2-1-3-6-14)22(27)25-15-9-10-19-20(12-15)31-13-30-19/h1-10,12,18,26H,11,13H2,(H,25,27)/t18-/m0/s1. The molecule has 0 radical (unpaired) electrons. The lowest BCUT2D eigenvalue weighted by Crippen LogP contribution is -2.45. The molecular formula is C22H18Cl2N2O5S. The van der Waals surface area contributed by atoms with E-state index in [1.807, 2.05) is 18.2 Å². The van der Waals surface area contributed by atoms with Gasteiger partial charge in [-0.3, -0.25) is 4.79 Å². The second kappa shape index (κ2) is 9.38. The second-order valence-electron chi connectivity index (χ2n) is 6.97. The number of anilines is 1. The Kier molecular flexibility index (Phi) is 6.57. The molecule has 166 valence electrons. The molecule has 0 unspecified atom stereocenters. The first-order chi connectivity index (χ1) is 15.3. The van der Waals surface area contributed by atoms with Gasteiger partial charge in [0.05, 0.1) is 10.0 Å². The third kappa shape index (κ3) is 4.99. The van der Waals surface area contributed by atoms with Gasteiger partial charge in [-0.1, -0.05) is 59.6 Å². The van der Waals surface area contributed by atoms with Gasteiger partial charge >= 0.3 is 0 Å². The maximum atomic E-state index is 13.1. The van der Waals surface area contributed by atoms with Crippen LogP contribution in [0.4, 0.5) is 5.69 Å². The lowest BCUT2D eigenvalue weighted by atomic mass is 10.1. The van der Waals surface area contributed by atoms with Crippen LogP contribution >= 0.6 is 23.2 Å². The minimum atomic E-state index is -4.21. The van der Waals surface area contributed by atoms with Gasteiger partial charge in [0.15, 0.2) is 11.5 Å². The zero-order valence-corrected chi connectivity index (χ0v) is 18.9. The highest BCUT2D eigenvalue weighted by Crippen LogP contribution is 2.34. The molecule has 0 fully saturated rings. The van der Waals surface area contributed by atoms with Crippen LogP contribution in [0, 0.1) is 0 Å². The number of carbonyl (C=O) groups is 1. The van der Waals surface area contributed by atoms with Crippen LogP contribution in [0.1, 0.15) is 5.56 Å². The predicted octanol–water partition coefficient (Wildman–Crippen LogP) is 4.25. The first-order valence-corrected chi connectivity index (χ1v) is 11.8. The summed E-state index contributed by atoms with van der Waals surface area (Å²) in [5.74, 6) is 0.503. The molecule has 7 nitrogen and oxygen atoms in total. The zero-order chi connectivity index (χ0) is 22.7. The van der Waals surface area contributed by atoms with E-state index in [0.717, 1.165) is 5.56 Å². The number of hydrogen-bond acceptors (Lipinski definition) is 5. The molecule has 0 spiro atoms. The maximum absolute atomic E-state index is 13.1. The average Bonchev–Trinajstić information content (AvgIpc) is 3.21. The minimum Gasteiger partial charge on any atom is -0.454 e. The Morgan fingerprint density at radius 3 is 2.34 bits per heavy atom. The molecule has 32 heavy (non-hydrogen) atoms. The Bertz CT molecular complexity index is 1230. The Hall–Kier alpha value is -2.78. The van der Waals surface area contributed by atoms with Gasteiger partial charge in [-0.15, -0.1) is 0 Å². The van der Waals surface area contributed by atoms with Crippen molar-refractivity contribution in [2.45, 2.75) is 17.4 Å². The third-order valence-corrected chi connectivity index (χ3v) is 7.15. The molecule has 1 aliphatic heterocycles. The van der Waals surface area contributed by atoms with Crippen LogP contribution in [0.3, 0.4) is 0 Å². The molecule has 0 saturated heterocycles. The largest absolute Gasteiger partial charge is 0.454 e. The number of amides is 1. The monoisotopic (exact) mass is 492 g/mol. The van der Waals surface area contributed by atoms with E-state index < -0.39 is 22.0 Å². The molecule has 1 amide bonds. The smallest absolute Gasteiger partial charge is 0.244 e. The molecule has 1 heterocycles. The molecule has 1 atom stereocenters. The van der Waals surface area contributed by atoms with Crippen molar-refractivity contribution < 1.29 is 22.7 Å². The first-order valence-electron chi connectivity index (χ1n) is 9.54. The quantitative estimate of drug-likeness (QED) is 0.514. The van der Waals surface area contributed by atoms with E-state index in [9.17, 15) is 13.2 Å². The van der Waals surface area contributed by atoms with Crippen LogP contribution in [0.2, 0.25) is 10.0 Å². The third-order valence-electron chi connectivity index (χ3n) is 4.72. The van der Waals surface area contributed by atoms with Gasteiger partial charge in [-0.2, -0.15) is 4.72 Å². The average molecular weight is 493 g/mol. The van der Waals surface area contributed by atoms with Crippen molar-refractivity contribution in [2.24, 2.45) is 0 Å². The topological polar surface area (TPSA) is 93.7 Å². The number of rotatable bonds is 7. The predicted molar refractivity (Wildman–Crippen MR) is 122 cm³/mol. The SMILES string of the molecule is O=C(Nc1ccc2c(c1)OCO2)[C@H](Cc1ccccc1)NS(=O)(=O)c1c(Cl)cccc1Cl. The molecule has 1 aliphatic rings. The molecule has 3 aromatic carbocycles. The number of benzene rings is 3. The molecule has 10 heteroatoms. The summed E-state index contributed by atoms with van der Waals surface area (Å²) in [6.45, 7) is 0.0990. The summed E-state index contributed by atoms with van der Waals surface area (Å²) >= 11 is 12.2. The fourth-order valence-electron chi connectivity index (χ4n) is 3.23. The molecule has 3 aromatic rings. The highest BCUT2D eigenvalue weighted by Gasteiger charge is 2.29. The number of fused-ring (bicyclic) bond motifs is 1. The molecular weight excluding hydrogens is 475 g/mol. The summed E-state index contributed by atoms with van der Waals surface area (Å²) in [5.41, 5.74) is 1.21. The van der Waals surface area contributed by atoms with Crippen LogP contribution in [0.5, 0.6) is 11.5 Å². The Morgan fingerprint density at radius 2 is 1.62 bits per heavy atom. The van der Waals surface area contributed by atoms with Crippen molar-refractivity contribution in [2.75, 3.05) is 12.1 Å². The van der Waals surface area contributed by atoms with Gasteiger partial charge in [0, 0.05) is 11.8 Å². The number of carbonyl (C=O) groups excluding carboxylic acids is 1. The van der Waals surface area contributed by atoms with Gasteiger partial charge in [0.1, 0.15) is 10.9 Å². The first kappa shape index (κ1) is 22.4. The highest BCUT2D eigenvalue weighted by molar-refractivity contribution is 7.89. The summed E-state index contributed by atoms with van der Waals surface area (Å²) in [6.07, 6.45) is 0.110. The van der Waals surface area contributed by atoms with Crippen LogP contribution in [-0.4, -0.2) is 27.2 Å². The van der Waals surface area contributed by atoms with Crippen LogP contribution in [0.25, 0.3) is 0 Å². The van der Waals surface area contributed by atoms with E-state index in [4.69, 9.17) is 32.7 Å². The van der Waals surface area contributed by atoms with Gasteiger partial charge in [-0.25, -0.2) is 8.42 Å². The van der Waals surface area contributed by atoms with E-state index >= 15 is 0 Å². The summed E-state index contributed by atoms with van der Waals surface area (Å²) in [7, 11) is -4.21. The molecule has 0 aromatic heterocycles. The van der Waals surface area contributed by atoms with Crippen LogP contribution in [0.15, 0.2) is 71.6 Å². The van der Waals surface area contributed by atoms with Crippen molar-refractivity contribution in [3.8, 4) is 11.5 Å². The molecule has 4 rings (SSSR count). The summed E-state index contributed by atoms with van der Waals surface area (Å²) < 4.78 is 39.2. The summed E-state index contributed by atoms with van der Waals surface area (Å²) in [5, 5.41) is 2.64. The van der Waals surface area contributed by atoms with Crippen LogP contribution in [-0.2, 0) is 21.2 Å². The molecule has 0 saturated carbocycles. The molecule has 0 aliphatic carbocycles. The zero-order valence-electron chi connectivity index (χ0n) is 16.5. The Labute approximate surface area is 195 Å². The fraction of sp³-hybridized carbons (Fsp3) is 0.136. The van der Waals surface area contributed by atoms with Gasteiger partial charge < -0.3 is 14.8 Å². The van der Waals surface area contributed by atoms with E-state index in [-0.39, 0.29) is 28.2 Å². The van der Waals surface area contributed by atoms with Crippen molar-refractivity contribution in [3.05, 3.63) is 82.3 Å². The summed E-state index contributed by atoms with van der Waals surface area (Å²) in [6, 6.07) is 17.2. The number of hydrogen-bond donors (Lipinski definition) is 2. The second-order valence-corrected chi connectivity index (χ2v) is 9.44. The van der Waals surface area contributed by atoms with Crippen molar-refractivity contribution in [1.82, 2.24) is 4.72 Å². The lowest BCUT2D eigenvalue weighted by Gasteiger charge is -2.20. The summed E-state index contributed by atoms with van der Waals surface area (Å²) in [4.78, 5) is 12.8. The molecule has 0 bridgehead atoms. The minimum absolute atomic E-state index is 0.0420. The van der Waals surface area contributed by atoms with Crippen LogP contribution < -0.4 is 19.5 Å². The normalized spacial score (nSPS) is 13.6. The van der Waals surface area contributed by atoms with Crippen molar-refractivity contribution in [3.63, 3.8) is 0 Å². The number of ether oxygens (including phenoxy) is 2. The van der Waals surface area contributed by atoms with Gasteiger partial charge in [0.25, 0.3) is 0 Å². The van der Waals surface area contributed by atoms with E-state index in [1.165, 1.54) is 18.2 Å². The Balaban J connectivity index is 1.61. The van der Waals surface area contributed by atoms with E-state index in [2.05, 4.69) is 10.0 Å². The van der Waals surface area contributed by atoms with Gasteiger partial charge in [-0.05, 0) is 36.2 Å². The highest BCUT2D eigenvalue weighted by atomic mass is 35.5. The molecule has 2 N–H and O–H groups in total. The number of nitrogens with one attached hydrogen (secondary N) is 2. The Morgan fingerprint density at radius 1 is 0.938 bits per heavy atom. The maximum Gasteiger partial charge on any atom is 0.244 e. The lowest BCUT2D eigenvalue weighted by molar-refractivity contribution is -0.117. The van der Waals surface area contributed by atoms with Crippen molar-refractivity contribution in [1.29, 1.82) is 0 Å². The van der Waals surface area contributed by atoms with Crippen molar-refractivity contribution >= 4 is 44.8 Å². The fourth-order valence-corrected chi connectivity index (χ4v) is 5.57. The number of halogens is 2. The van der Waals surface area contributed by atoms with Gasteiger partial charge in [0.2, 0.25) is 22.7 Å².